The number of benzene rings is 3. The van der Waals surface area contributed by atoms with E-state index in [2.05, 4.69) is 0 Å². The first-order valence-electron chi connectivity index (χ1n) is 11.1. The predicted molar refractivity (Wildman–Crippen MR) is 131 cm³/mol. The van der Waals surface area contributed by atoms with Crippen LogP contribution >= 0.6 is 0 Å². The van der Waals surface area contributed by atoms with Crippen molar-refractivity contribution in [2.24, 2.45) is 0 Å². The summed E-state index contributed by atoms with van der Waals surface area (Å²) in [7, 11) is 0. The minimum atomic E-state index is -1.16. The number of hydrogen-bond donors (Lipinski definition) is 1. The SMILES string of the molecule is O=C(O)COC1(c2nc(-c3ccccc3)c(-c3ccccc3)o2)C=CC=C(c2ccccc2)C1. The maximum absolute atomic E-state index is 11.5. The number of carboxylic acid groups (broad SMARTS) is 1. The second kappa shape index (κ2) is 9.33. The van der Waals surface area contributed by atoms with Crippen molar-refractivity contribution in [2.45, 2.75) is 12.0 Å². The van der Waals surface area contributed by atoms with Gasteiger partial charge in [0.2, 0.25) is 5.89 Å². The van der Waals surface area contributed by atoms with Gasteiger partial charge in [0.05, 0.1) is 0 Å². The topological polar surface area (TPSA) is 72.6 Å². The molecule has 1 unspecified atom stereocenters. The lowest BCUT2D eigenvalue weighted by Gasteiger charge is -2.30. The molecule has 3 aromatic carbocycles. The molecule has 0 saturated heterocycles. The number of carboxylic acids is 1. The van der Waals surface area contributed by atoms with E-state index in [0.717, 1.165) is 22.3 Å². The van der Waals surface area contributed by atoms with Crippen LogP contribution in [-0.4, -0.2) is 22.7 Å². The first kappa shape index (κ1) is 21.6. The second-order valence-corrected chi connectivity index (χ2v) is 8.09. The highest BCUT2D eigenvalue weighted by atomic mass is 16.5. The van der Waals surface area contributed by atoms with Crippen molar-refractivity contribution in [3.63, 3.8) is 0 Å². The fourth-order valence-corrected chi connectivity index (χ4v) is 4.15. The largest absolute Gasteiger partial charge is 0.480 e. The third kappa shape index (κ3) is 4.34. The van der Waals surface area contributed by atoms with Crippen molar-refractivity contribution >= 4 is 11.5 Å². The van der Waals surface area contributed by atoms with Crippen LogP contribution in [0.3, 0.4) is 0 Å². The molecule has 5 rings (SSSR count). The maximum atomic E-state index is 11.5. The highest BCUT2D eigenvalue weighted by Crippen LogP contribution is 2.43. The molecule has 1 aliphatic carbocycles. The van der Waals surface area contributed by atoms with Crippen molar-refractivity contribution in [1.82, 2.24) is 4.98 Å². The molecule has 0 radical (unpaired) electrons. The minimum Gasteiger partial charge on any atom is -0.480 e. The van der Waals surface area contributed by atoms with Gasteiger partial charge < -0.3 is 14.3 Å². The fraction of sp³-hybridized carbons (Fsp3) is 0.103. The molecule has 5 heteroatoms. The van der Waals surface area contributed by atoms with Crippen LogP contribution in [-0.2, 0) is 15.1 Å². The molecule has 0 amide bonds. The number of aliphatic carboxylic acids is 1. The molecule has 1 heterocycles. The molecule has 34 heavy (non-hydrogen) atoms. The molecule has 4 aromatic rings. The first-order valence-corrected chi connectivity index (χ1v) is 11.1. The fourth-order valence-electron chi connectivity index (χ4n) is 4.15. The summed E-state index contributed by atoms with van der Waals surface area (Å²) < 4.78 is 12.4. The number of carbonyl (C=O) groups is 1. The normalized spacial score (nSPS) is 17.4. The van der Waals surface area contributed by atoms with Crippen LogP contribution in [0.5, 0.6) is 0 Å². The zero-order valence-electron chi connectivity index (χ0n) is 18.4. The number of allylic oxidation sites excluding steroid dienone is 2. The summed E-state index contributed by atoms with van der Waals surface area (Å²) in [5, 5.41) is 9.39. The number of oxazole rings is 1. The van der Waals surface area contributed by atoms with E-state index in [9.17, 15) is 9.90 Å². The molecular weight excluding hydrogens is 426 g/mol. The van der Waals surface area contributed by atoms with E-state index in [1.807, 2.05) is 109 Å². The molecule has 1 atom stereocenters. The van der Waals surface area contributed by atoms with Gasteiger partial charge in [0, 0.05) is 17.5 Å². The Kier molecular flexibility index (Phi) is 5.93. The van der Waals surface area contributed by atoms with Gasteiger partial charge in [-0.05, 0) is 17.2 Å². The molecule has 0 fully saturated rings. The average Bonchev–Trinajstić information content (AvgIpc) is 3.36. The third-order valence-electron chi connectivity index (χ3n) is 5.79. The van der Waals surface area contributed by atoms with Gasteiger partial charge in [-0.3, -0.25) is 0 Å². The molecule has 168 valence electrons. The molecule has 0 aliphatic heterocycles. The molecule has 0 spiro atoms. The van der Waals surface area contributed by atoms with E-state index >= 15 is 0 Å². The van der Waals surface area contributed by atoms with Crippen molar-refractivity contribution in [3.05, 3.63) is 121 Å². The Morgan fingerprint density at radius 3 is 2.09 bits per heavy atom. The molecule has 1 aromatic heterocycles. The Morgan fingerprint density at radius 2 is 1.47 bits per heavy atom. The Bertz CT molecular complexity index is 1280. The smallest absolute Gasteiger partial charge is 0.329 e. The summed E-state index contributed by atoms with van der Waals surface area (Å²) in [6.45, 7) is -0.476. The van der Waals surface area contributed by atoms with E-state index in [4.69, 9.17) is 14.1 Å². The lowest BCUT2D eigenvalue weighted by Crippen LogP contribution is -2.32. The predicted octanol–water partition coefficient (Wildman–Crippen LogP) is 6.35. The van der Waals surface area contributed by atoms with E-state index in [1.54, 1.807) is 0 Å². The van der Waals surface area contributed by atoms with Crippen LogP contribution in [0, 0.1) is 0 Å². The number of ether oxygens (including phenoxy) is 1. The summed E-state index contributed by atoms with van der Waals surface area (Å²) in [6, 6.07) is 29.5. The number of rotatable bonds is 7. The van der Waals surface area contributed by atoms with Crippen LogP contribution in [0.15, 0.2) is 114 Å². The van der Waals surface area contributed by atoms with Gasteiger partial charge in [0.15, 0.2) is 11.4 Å². The molecular formula is C29H23NO4. The highest BCUT2D eigenvalue weighted by Gasteiger charge is 2.40. The van der Waals surface area contributed by atoms with E-state index in [-0.39, 0.29) is 0 Å². The second-order valence-electron chi connectivity index (χ2n) is 8.09. The number of nitrogens with zero attached hydrogens (tertiary/aromatic N) is 1. The van der Waals surface area contributed by atoms with Gasteiger partial charge in [-0.25, -0.2) is 9.78 Å². The molecule has 0 bridgehead atoms. The lowest BCUT2D eigenvalue weighted by atomic mass is 9.86. The van der Waals surface area contributed by atoms with Crippen LogP contribution in [0.1, 0.15) is 17.9 Å². The van der Waals surface area contributed by atoms with Crippen molar-refractivity contribution in [1.29, 1.82) is 0 Å². The Balaban J connectivity index is 1.64. The van der Waals surface area contributed by atoms with Gasteiger partial charge in [-0.15, -0.1) is 0 Å². The van der Waals surface area contributed by atoms with Crippen LogP contribution < -0.4 is 0 Å². The van der Waals surface area contributed by atoms with Gasteiger partial charge in [-0.1, -0.05) is 103 Å². The average molecular weight is 450 g/mol. The number of hydrogen-bond acceptors (Lipinski definition) is 4. The van der Waals surface area contributed by atoms with Gasteiger partial charge >= 0.3 is 5.97 Å². The monoisotopic (exact) mass is 449 g/mol. The summed E-state index contributed by atoms with van der Waals surface area (Å²) in [4.78, 5) is 16.4. The van der Waals surface area contributed by atoms with Gasteiger partial charge in [0.25, 0.3) is 0 Å². The van der Waals surface area contributed by atoms with Crippen LogP contribution in [0.2, 0.25) is 0 Å². The van der Waals surface area contributed by atoms with Gasteiger partial charge in [-0.2, -0.15) is 0 Å². The van der Waals surface area contributed by atoms with Crippen LogP contribution in [0.4, 0.5) is 0 Å². The molecule has 0 saturated carbocycles. The van der Waals surface area contributed by atoms with Crippen molar-refractivity contribution < 1.29 is 19.1 Å². The van der Waals surface area contributed by atoms with Crippen LogP contribution in [0.25, 0.3) is 28.2 Å². The first-order chi connectivity index (χ1) is 16.6. The summed E-state index contributed by atoms with van der Waals surface area (Å²) in [6.07, 6.45) is 6.11. The standard InChI is InChI=1S/C29H23NO4/c31-25(32)20-33-29(18-10-17-24(19-29)21-11-4-1-5-12-21)28-30-26(22-13-6-2-7-14-22)27(34-28)23-15-8-3-9-16-23/h1-18H,19-20H2,(H,31,32). The summed E-state index contributed by atoms with van der Waals surface area (Å²) in [5.41, 5.74) is 3.36. The Labute approximate surface area is 197 Å². The third-order valence-corrected chi connectivity index (χ3v) is 5.79. The lowest BCUT2D eigenvalue weighted by molar-refractivity contribution is -0.148. The summed E-state index contributed by atoms with van der Waals surface area (Å²) >= 11 is 0. The highest BCUT2D eigenvalue weighted by molar-refractivity contribution is 5.77. The minimum absolute atomic E-state index is 0.323. The van der Waals surface area contributed by atoms with E-state index in [1.165, 1.54) is 0 Å². The summed E-state index contributed by atoms with van der Waals surface area (Å²) in [5.74, 6) is -0.115. The zero-order chi connectivity index (χ0) is 23.4. The molecule has 1 N–H and O–H groups in total. The van der Waals surface area contributed by atoms with Gasteiger partial charge in [0.1, 0.15) is 12.3 Å². The van der Waals surface area contributed by atoms with Crippen molar-refractivity contribution in [3.8, 4) is 22.6 Å². The Hall–Kier alpha value is -4.22. The maximum Gasteiger partial charge on any atom is 0.329 e. The number of aromatic nitrogens is 1. The molecule has 5 nitrogen and oxygen atoms in total. The quantitative estimate of drug-likeness (QED) is 0.356. The zero-order valence-corrected chi connectivity index (χ0v) is 18.4. The van der Waals surface area contributed by atoms with E-state index in [0.29, 0.717) is 23.8 Å². The van der Waals surface area contributed by atoms with Crippen molar-refractivity contribution in [2.75, 3.05) is 6.61 Å². The van der Waals surface area contributed by atoms with E-state index < -0.39 is 18.2 Å². The molecule has 1 aliphatic rings. The Morgan fingerprint density at radius 1 is 0.882 bits per heavy atom.